The molecule has 1 aliphatic rings. The molecular formula is C12H25NO. The van der Waals surface area contributed by atoms with E-state index in [1.54, 1.807) is 0 Å². The fourth-order valence-electron chi connectivity index (χ4n) is 2.15. The maximum absolute atomic E-state index is 5.66. The molecule has 1 heterocycles. The lowest BCUT2D eigenvalue weighted by atomic mass is 10.1. The third-order valence-corrected chi connectivity index (χ3v) is 3.06. The van der Waals surface area contributed by atoms with E-state index in [2.05, 4.69) is 26.1 Å². The SMILES string of the molecule is CCCCC(C)NC(C)C1CCCO1. The molecule has 3 atom stereocenters. The molecule has 84 valence electrons. The van der Waals surface area contributed by atoms with Gasteiger partial charge in [-0.2, -0.15) is 0 Å². The van der Waals surface area contributed by atoms with E-state index in [1.165, 1.54) is 32.1 Å². The Bertz CT molecular complexity index is 143. The maximum atomic E-state index is 5.66. The van der Waals surface area contributed by atoms with Gasteiger partial charge in [0, 0.05) is 18.7 Å². The predicted octanol–water partition coefficient (Wildman–Crippen LogP) is 2.72. The fraction of sp³-hybridized carbons (Fsp3) is 1.00. The average Bonchev–Trinajstić information content (AvgIpc) is 2.67. The molecule has 1 aliphatic heterocycles. The van der Waals surface area contributed by atoms with Gasteiger partial charge in [-0.15, -0.1) is 0 Å². The van der Waals surface area contributed by atoms with E-state index in [0.717, 1.165) is 6.61 Å². The number of unbranched alkanes of at least 4 members (excludes halogenated alkanes) is 1. The molecular weight excluding hydrogens is 174 g/mol. The minimum atomic E-state index is 0.457. The Morgan fingerprint density at radius 2 is 2.21 bits per heavy atom. The van der Waals surface area contributed by atoms with Crippen LogP contribution in [0.1, 0.15) is 52.9 Å². The molecule has 0 aliphatic carbocycles. The van der Waals surface area contributed by atoms with Gasteiger partial charge in [0.1, 0.15) is 0 Å². The van der Waals surface area contributed by atoms with Crippen molar-refractivity contribution in [3.05, 3.63) is 0 Å². The highest BCUT2D eigenvalue weighted by Crippen LogP contribution is 2.16. The standard InChI is InChI=1S/C12H25NO/c1-4-5-7-10(2)13-11(3)12-8-6-9-14-12/h10-13H,4-9H2,1-3H3. The summed E-state index contributed by atoms with van der Waals surface area (Å²) in [5, 5.41) is 3.63. The minimum Gasteiger partial charge on any atom is -0.377 e. The summed E-state index contributed by atoms with van der Waals surface area (Å²) >= 11 is 0. The molecule has 0 spiro atoms. The molecule has 0 aromatic heterocycles. The zero-order valence-electron chi connectivity index (χ0n) is 9.88. The molecule has 1 fully saturated rings. The first kappa shape index (κ1) is 12.0. The highest BCUT2D eigenvalue weighted by molar-refractivity contribution is 4.78. The number of hydrogen-bond acceptors (Lipinski definition) is 2. The van der Waals surface area contributed by atoms with E-state index < -0.39 is 0 Å². The van der Waals surface area contributed by atoms with Crippen molar-refractivity contribution < 1.29 is 4.74 Å². The smallest absolute Gasteiger partial charge is 0.0726 e. The van der Waals surface area contributed by atoms with Crippen molar-refractivity contribution >= 4 is 0 Å². The Labute approximate surface area is 88.4 Å². The van der Waals surface area contributed by atoms with Crippen LogP contribution in [0.5, 0.6) is 0 Å². The summed E-state index contributed by atoms with van der Waals surface area (Å²) in [7, 11) is 0. The van der Waals surface area contributed by atoms with E-state index in [-0.39, 0.29) is 0 Å². The van der Waals surface area contributed by atoms with Gasteiger partial charge >= 0.3 is 0 Å². The molecule has 3 unspecified atom stereocenters. The molecule has 0 radical (unpaired) electrons. The molecule has 14 heavy (non-hydrogen) atoms. The van der Waals surface area contributed by atoms with Crippen LogP contribution in [-0.4, -0.2) is 24.8 Å². The molecule has 2 heteroatoms. The topological polar surface area (TPSA) is 21.3 Å². The molecule has 1 saturated heterocycles. The molecule has 0 bridgehead atoms. The summed E-state index contributed by atoms with van der Waals surface area (Å²) in [5.74, 6) is 0. The van der Waals surface area contributed by atoms with Crippen LogP contribution in [0.4, 0.5) is 0 Å². The van der Waals surface area contributed by atoms with Crippen LogP contribution >= 0.6 is 0 Å². The van der Waals surface area contributed by atoms with Crippen molar-refractivity contribution in [1.82, 2.24) is 5.32 Å². The van der Waals surface area contributed by atoms with Crippen LogP contribution in [-0.2, 0) is 4.74 Å². The van der Waals surface area contributed by atoms with Crippen LogP contribution in [0.25, 0.3) is 0 Å². The molecule has 1 rings (SSSR count). The first-order valence-corrected chi connectivity index (χ1v) is 6.11. The maximum Gasteiger partial charge on any atom is 0.0726 e. The van der Waals surface area contributed by atoms with Gasteiger partial charge in [-0.25, -0.2) is 0 Å². The van der Waals surface area contributed by atoms with Crippen molar-refractivity contribution in [2.75, 3.05) is 6.61 Å². The Hall–Kier alpha value is -0.0800. The summed E-state index contributed by atoms with van der Waals surface area (Å²) in [6.07, 6.45) is 6.83. The Balaban J connectivity index is 2.14. The summed E-state index contributed by atoms with van der Waals surface area (Å²) in [6.45, 7) is 7.73. The number of ether oxygens (including phenoxy) is 1. The second-order valence-corrected chi connectivity index (χ2v) is 4.55. The quantitative estimate of drug-likeness (QED) is 0.710. The molecule has 1 N–H and O–H groups in total. The lowest BCUT2D eigenvalue weighted by molar-refractivity contribution is 0.0799. The van der Waals surface area contributed by atoms with Gasteiger partial charge in [0.05, 0.1) is 6.10 Å². The summed E-state index contributed by atoms with van der Waals surface area (Å²) in [4.78, 5) is 0. The van der Waals surface area contributed by atoms with Crippen molar-refractivity contribution in [2.24, 2.45) is 0 Å². The first-order valence-electron chi connectivity index (χ1n) is 6.11. The van der Waals surface area contributed by atoms with E-state index in [0.29, 0.717) is 18.2 Å². The summed E-state index contributed by atoms with van der Waals surface area (Å²) in [5.41, 5.74) is 0. The van der Waals surface area contributed by atoms with E-state index in [9.17, 15) is 0 Å². The third kappa shape index (κ3) is 3.97. The van der Waals surface area contributed by atoms with Crippen molar-refractivity contribution in [3.63, 3.8) is 0 Å². The fourth-order valence-corrected chi connectivity index (χ4v) is 2.15. The van der Waals surface area contributed by atoms with Crippen LogP contribution in [0.15, 0.2) is 0 Å². The Morgan fingerprint density at radius 3 is 2.79 bits per heavy atom. The first-order chi connectivity index (χ1) is 6.74. The van der Waals surface area contributed by atoms with Crippen molar-refractivity contribution in [1.29, 1.82) is 0 Å². The van der Waals surface area contributed by atoms with Gasteiger partial charge < -0.3 is 10.1 Å². The number of hydrogen-bond donors (Lipinski definition) is 1. The van der Waals surface area contributed by atoms with Crippen LogP contribution < -0.4 is 5.32 Å². The Kier molecular flexibility index (Phi) is 5.49. The van der Waals surface area contributed by atoms with E-state index in [1.807, 2.05) is 0 Å². The molecule has 0 aromatic carbocycles. The van der Waals surface area contributed by atoms with Crippen LogP contribution in [0.2, 0.25) is 0 Å². The van der Waals surface area contributed by atoms with E-state index >= 15 is 0 Å². The summed E-state index contributed by atoms with van der Waals surface area (Å²) < 4.78 is 5.66. The zero-order valence-corrected chi connectivity index (χ0v) is 9.88. The van der Waals surface area contributed by atoms with Crippen LogP contribution in [0.3, 0.4) is 0 Å². The normalized spacial score (nSPS) is 26.4. The molecule has 2 nitrogen and oxygen atoms in total. The largest absolute Gasteiger partial charge is 0.377 e. The Morgan fingerprint density at radius 1 is 1.43 bits per heavy atom. The lowest BCUT2D eigenvalue weighted by Crippen LogP contribution is -2.42. The second-order valence-electron chi connectivity index (χ2n) is 4.55. The minimum absolute atomic E-state index is 0.457. The monoisotopic (exact) mass is 199 g/mol. The van der Waals surface area contributed by atoms with Gasteiger partial charge in [0.15, 0.2) is 0 Å². The number of rotatable bonds is 6. The van der Waals surface area contributed by atoms with Gasteiger partial charge in [-0.05, 0) is 33.1 Å². The highest BCUT2D eigenvalue weighted by Gasteiger charge is 2.22. The molecule has 0 aromatic rings. The van der Waals surface area contributed by atoms with Gasteiger partial charge in [0.25, 0.3) is 0 Å². The third-order valence-electron chi connectivity index (χ3n) is 3.06. The zero-order chi connectivity index (χ0) is 10.4. The highest BCUT2D eigenvalue weighted by atomic mass is 16.5. The van der Waals surface area contributed by atoms with Gasteiger partial charge in [-0.1, -0.05) is 19.8 Å². The van der Waals surface area contributed by atoms with Gasteiger partial charge in [-0.3, -0.25) is 0 Å². The molecule has 0 saturated carbocycles. The van der Waals surface area contributed by atoms with E-state index in [4.69, 9.17) is 4.74 Å². The van der Waals surface area contributed by atoms with Gasteiger partial charge in [0.2, 0.25) is 0 Å². The summed E-state index contributed by atoms with van der Waals surface area (Å²) in [6, 6.07) is 1.15. The lowest BCUT2D eigenvalue weighted by Gasteiger charge is -2.24. The molecule has 0 amide bonds. The van der Waals surface area contributed by atoms with Crippen molar-refractivity contribution in [3.8, 4) is 0 Å². The number of nitrogens with one attached hydrogen (secondary N) is 1. The predicted molar refractivity (Wildman–Crippen MR) is 60.6 cm³/mol. The van der Waals surface area contributed by atoms with Crippen molar-refractivity contribution in [2.45, 2.75) is 71.1 Å². The van der Waals surface area contributed by atoms with Crippen LogP contribution in [0, 0.1) is 0 Å². The second kappa shape index (κ2) is 6.41. The average molecular weight is 199 g/mol.